The summed E-state index contributed by atoms with van der Waals surface area (Å²) in [7, 11) is 0. The molecular formula is C20H19N3O2. The summed E-state index contributed by atoms with van der Waals surface area (Å²) in [5, 5.41) is 4.14. The molecule has 0 spiro atoms. The highest BCUT2D eigenvalue weighted by Crippen LogP contribution is 2.32. The summed E-state index contributed by atoms with van der Waals surface area (Å²) in [6, 6.07) is 15.9. The Morgan fingerprint density at radius 2 is 1.92 bits per heavy atom. The number of carbonyl (C=O) groups excluding carboxylic acids is 1. The second-order valence-electron chi connectivity index (χ2n) is 6.52. The number of anilines is 1. The molecule has 1 atom stereocenters. The molecular weight excluding hydrogens is 314 g/mol. The number of aryl methyl sites for hydroxylation is 2. The van der Waals surface area contributed by atoms with Crippen molar-refractivity contribution >= 4 is 11.6 Å². The van der Waals surface area contributed by atoms with Gasteiger partial charge in [0.15, 0.2) is 0 Å². The fraction of sp³-hybridized carbons (Fsp3) is 0.250. The summed E-state index contributed by atoms with van der Waals surface area (Å²) < 4.78 is 5.49. The first-order valence-corrected chi connectivity index (χ1v) is 8.38. The summed E-state index contributed by atoms with van der Waals surface area (Å²) >= 11 is 0. The van der Waals surface area contributed by atoms with Crippen molar-refractivity contribution in [2.24, 2.45) is 0 Å². The van der Waals surface area contributed by atoms with Crippen LogP contribution in [0.15, 0.2) is 53.1 Å². The molecule has 5 heteroatoms. The number of carbonyl (C=O) groups is 1. The number of rotatable bonds is 3. The van der Waals surface area contributed by atoms with Crippen LogP contribution in [-0.4, -0.2) is 22.6 Å². The summed E-state index contributed by atoms with van der Waals surface area (Å²) in [5.41, 5.74) is 4.13. The summed E-state index contributed by atoms with van der Waals surface area (Å²) in [6.45, 7) is 4.63. The first-order valence-electron chi connectivity index (χ1n) is 8.38. The van der Waals surface area contributed by atoms with Gasteiger partial charge in [-0.2, -0.15) is 4.98 Å². The predicted octanol–water partition coefficient (Wildman–Crippen LogP) is 3.87. The monoisotopic (exact) mass is 333 g/mol. The van der Waals surface area contributed by atoms with Crippen molar-refractivity contribution < 1.29 is 9.32 Å². The molecule has 0 aliphatic carbocycles. The molecule has 4 rings (SSSR count). The second kappa shape index (κ2) is 6.16. The Morgan fingerprint density at radius 1 is 1.12 bits per heavy atom. The van der Waals surface area contributed by atoms with Crippen LogP contribution in [0, 0.1) is 13.8 Å². The van der Waals surface area contributed by atoms with Crippen molar-refractivity contribution in [3.63, 3.8) is 0 Å². The van der Waals surface area contributed by atoms with Gasteiger partial charge < -0.3 is 9.42 Å². The highest BCUT2D eigenvalue weighted by Gasteiger charge is 2.35. The Kier molecular flexibility index (Phi) is 3.84. The fourth-order valence-electron chi connectivity index (χ4n) is 3.22. The van der Waals surface area contributed by atoms with Gasteiger partial charge >= 0.3 is 0 Å². The van der Waals surface area contributed by atoms with E-state index in [2.05, 4.69) is 28.3 Å². The van der Waals surface area contributed by atoms with E-state index >= 15 is 0 Å². The van der Waals surface area contributed by atoms with E-state index in [0.29, 0.717) is 24.7 Å². The average molecular weight is 333 g/mol. The maximum atomic E-state index is 12.4. The lowest BCUT2D eigenvalue weighted by Crippen LogP contribution is -2.24. The van der Waals surface area contributed by atoms with E-state index in [-0.39, 0.29) is 11.8 Å². The van der Waals surface area contributed by atoms with Gasteiger partial charge in [0.05, 0.1) is 5.92 Å². The summed E-state index contributed by atoms with van der Waals surface area (Å²) in [4.78, 5) is 18.7. The van der Waals surface area contributed by atoms with Gasteiger partial charge in [-0.05, 0) is 37.6 Å². The van der Waals surface area contributed by atoms with Gasteiger partial charge in [0, 0.05) is 24.2 Å². The molecule has 126 valence electrons. The number of amides is 1. The van der Waals surface area contributed by atoms with Crippen LogP contribution in [0.1, 0.15) is 29.4 Å². The van der Waals surface area contributed by atoms with Crippen molar-refractivity contribution in [3.8, 4) is 11.4 Å². The number of aromatic nitrogens is 2. The van der Waals surface area contributed by atoms with Crippen molar-refractivity contribution in [2.45, 2.75) is 26.2 Å². The zero-order valence-corrected chi connectivity index (χ0v) is 14.3. The smallest absolute Gasteiger partial charge is 0.232 e. The van der Waals surface area contributed by atoms with Gasteiger partial charge in [0.25, 0.3) is 0 Å². The van der Waals surface area contributed by atoms with Crippen molar-refractivity contribution in [1.29, 1.82) is 0 Å². The fourth-order valence-corrected chi connectivity index (χ4v) is 3.22. The standard InChI is InChI=1S/C20H19N3O2/c1-13-8-9-14(2)17(10-13)19-21-20(25-22-19)15-11-18(24)23(12-15)16-6-4-3-5-7-16/h3-10,15H,11-12H2,1-2H3. The van der Waals surface area contributed by atoms with Crippen molar-refractivity contribution in [3.05, 3.63) is 65.5 Å². The van der Waals surface area contributed by atoms with E-state index in [1.54, 1.807) is 4.90 Å². The summed E-state index contributed by atoms with van der Waals surface area (Å²) in [6.07, 6.45) is 0.392. The normalized spacial score (nSPS) is 17.3. The van der Waals surface area contributed by atoms with Crippen LogP contribution in [0.2, 0.25) is 0 Å². The lowest BCUT2D eigenvalue weighted by atomic mass is 10.1. The number of hydrogen-bond donors (Lipinski definition) is 0. The zero-order valence-electron chi connectivity index (χ0n) is 14.3. The Balaban J connectivity index is 1.59. The maximum Gasteiger partial charge on any atom is 0.232 e. The van der Waals surface area contributed by atoms with Crippen LogP contribution >= 0.6 is 0 Å². The molecule has 0 N–H and O–H groups in total. The second-order valence-corrected chi connectivity index (χ2v) is 6.52. The highest BCUT2D eigenvalue weighted by atomic mass is 16.5. The van der Waals surface area contributed by atoms with E-state index in [4.69, 9.17) is 4.52 Å². The van der Waals surface area contributed by atoms with E-state index in [9.17, 15) is 4.79 Å². The van der Waals surface area contributed by atoms with E-state index < -0.39 is 0 Å². The lowest BCUT2D eigenvalue weighted by Gasteiger charge is -2.15. The highest BCUT2D eigenvalue weighted by molar-refractivity contribution is 5.96. The molecule has 1 amide bonds. The number of benzene rings is 2. The van der Waals surface area contributed by atoms with Crippen molar-refractivity contribution in [2.75, 3.05) is 11.4 Å². The Hall–Kier alpha value is -2.95. The molecule has 3 aromatic rings. The van der Waals surface area contributed by atoms with Gasteiger partial charge in [-0.3, -0.25) is 4.79 Å². The SMILES string of the molecule is Cc1ccc(C)c(-c2noc(C3CC(=O)N(c4ccccc4)C3)n2)c1. The Labute approximate surface area is 146 Å². The lowest BCUT2D eigenvalue weighted by molar-refractivity contribution is -0.117. The van der Waals surface area contributed by atoms with Gasteiger partial charge in [-0.1, -0.05) is 41.1 Å². The predicted molar refractivity (Wildman–Crippen MR) is 95.4 cm³/mol. The molecule has 1 unspecified atom stereocenters. The first kappa shape index (κ1) is 15.6. The van der Waals surface area contributed by atoms with E-state index in [1.807, 2.05) is 44.2 Å². The van der Waals surface area contributed by atoms with Crippen LogP contribution < -0.4 is 4.90 Å². The molecule has 5 nitrogen and oxygen atoms in total. The molecule has 0 bridgehead atoms. The van der Waals surface area contributed by atoms with Crippen LogP contribution in [0.4, 0.5) is 5.69 Å². The summed E-state index contributed by atoms with van der Waals surface area (Å²) in [5.74, 6) is 1.13. The first-order chi connectivity index (χ1) is 12.1. The minimum absolute atomic E-state index is 0.0703. The van der Waals surface area contributed by atoms with Gasteiger partial charge in [-0.25, -0.2) is 0 Å². The number of para-hydroxylation sites is 1. The third-order valence-electron chi connectivity index (χ3n) is 4.62. The molecule has 1 aromatic heterocycles. The molecule has 1 saturated heterocycles. The molecule has 1 aliphatic heterocycles. The molecule has 0 saturated carbocycles. The van der Waals surface area contributed by atoms with Crippen LogP contribution in [0.3, 0.4) is 0 Å². The van der Waals surface area contributed by atoms with Crippen LogP contribution in [-0.2, 0) is 4.79 Å². The van der Waals surface area contributed by atoms with Crippen LogP contribution in [0.25, 0.3) is 11.4 Å². The topological polar surface area (TPSA) is 59.2 Å². The van der Waals surface area contributed by atoms with Gasteiger partial charge in [0.2, 0.25) is 17.6 Å². The molecule has 1 fully saturated rings. The maximum absolute atomic E-state index is 12.4. The minimum Gasteiger partial charge on any atom is -0.339 e. The third-order valence-corrected chi connectivity index (χ3v) is 4.62. The molecule has 25 heavy (non-hydrogen) atoms. The van der Waals surface area contributed by atoms with E-state index in [0.717, 1.165) is 22.4 Å². The molecule has 2 heterocycles. The Bertz CT molecular complexity index is 918. The largest absolute Gasteiger partial charge is 0.339 e. The zero-order chi connectivity index (χ0) is 17.4. The molecule has 0 radical (unpaired) electrons. The van der Waals surface area contributed by atoms with Gasteiger partial charge in [0.1, 0.15) is 0 Å². The quantitative estimate of drug-likeness (QED) is 0.730. The van der Waals surface area contributed by atoms with E-state index in [1.165, 1.54) is 0 Å². The third kappa shape index (κ3) is 2.93. The molecule has 2 aromatic carbocycles. The average Bonchev–Trinajstić information content (AvgIpc) is 3.24. The van der Waals surface area contributed by atoms with Gasteiger partial charge in [-0.15, -0.1) is 0 Å². The van der Waals surface area contributed by atoms with Crippen LogP contribution in [0.5, 0.6) is 0 Å². The van der Waals surface area contributed by atoms with Crippen molar-refractivity contribution in [1.82, 2.24) is 10.1 Å². The Morgan fingerprint density at radius 3 is 2.72 bits per heavy atom. The number of hydrogen-bond acceptors (Lipinski definition) is 4. The molecule has 1 aliphatic rings. The minimum atomic E-state index is -0.0703. The number of nitrogens with zero attached hydrogens (tertiary/aromatic N) is 3.